The van der Waals surface area contributed by atoms with E-state index in [0.717, 1.165) is 17.4 Å². The minimum absolute atomic E-state index is 0.262. The molecule has 1 unspecified atom stereocenters. The van der Waals surface area contributed by atoms with Crippen LogP contribution in [0.2, 0.25) is 0 Å². The van der Waals surface area contributed by atoms with E-state index < -0.39 is 0 Å². The van der Waals surface area contributed by atoms with Crippen molar-refractivity contribution >= 4 is 15.9 Å². The Labute approximate surface area is 100 Å². The Morgan fingerprint density at radius 2 is 2.27 bits per heavy atom. The number of hydrogen-bond donors (Lipinski definition) is 1. The first kappa shape index (κ1) is 12.3. The van der Waals surface area contributed by atoms with Crippen LogP contribution in [0.3, 0.4) is 0 Å². The van der Waals surface area contributed by atoms with E-state index >= 15 is 0 Å². The van der Waals surface area contributed by atoms with Crippen LogP contribution in [0.4, 0.5) is 0 Å². The van der Waals surface area contributed by atoms with Crippen LogP contribution in [0.15, 0.2) is 22.7 Å². The molecule has 2 heteroatoms. The van der Waals surface area contributed by atoms with Crippen molar-refractivity contribution in [3.8, 4) is 12.3 Å². The standard InChI is InChI=1S/C13H16BrN/c1-4-6-13(15-5-2)12-9-11(14)8-7-10(12)3/h1,7-9,13,15H,5-6H2,2-3H3. The second-order valence-electron chi connectivity index (χ2n) is 3.52. The van der Waals surface area contributed by atoms with Gasteiger partial charge in [0.1, 0.15) is 0 Å². The molecule has 0 aliphatic rings. The topological polar surface area (TPSA) is 12.0 Å². The van der Waals surface area contributed by atoms with Gasteiger partial charge in [-0.2, -0.15) is 0 Å². The molecule has 0 spiro atoms. The third kappa shape index (κ3) is 3.37. The molecule has 1 rings (SSSR count). The molecule has 80 valence electrons. The van der Waals surface area contributed by atoms with Gasteiger partial charge in [0.05, 0.1) is 0 Å². The molecule has 0 aliphatic carbocycles. The van der Waals surface area contributed by atoms with Gasteiger partial charge < -0.3 is 5.32 Å². The Morgan fingerprint density at radius 1 is 1.53 bits per heavy atom. The molecule has 0 saturated carbocycles. The largest absolute Gasteiger partial charge is 0.309 e. The summed E-state index contributed by atoms with van der Waals surface area (Å²) in [5, 5.41) is 3.40. The summed E-state index contributed by atoms with van der Waals surface area (Å²) in [7, 11) is 0. The van der Waals surface area contributed by atoms with Crippen molar-refractivity contribution in [1.29, 1.82) is 0 Å². The number of aryl methyl sites for hydroxylation is 1. The quantitative estimate of drug-likeness (QED) is 0.823. The fourth-order valence-corrected chi connectivity index (χ4v) is 2.02. The molecule has 0 amide bonds. The molecular weight excluding hydrogens is 250 g/mol. The van der Waals surface area contributed by atoms with Crippen LogP contribution in [0.5, 0.6) is 0 Å². The lowest BCUT2D eigenvalue weighted by atomic mass is 9.99. The zero-order valence-corrected chi connectivity index (χ0v) is 10.8. The minimum atomic E-state index is 0.262. The third-order valence-electron chi connectivity index (χ3n) is 2.39. The fourth-order valence-electron chi connectivity index (χ4n) is 1.64. The fraction of sp³-hybridized carbons (Fsp3) is 0.385. The summed E-state index contributed by atoms with van der Waals surface area (Å²) in [6.07, 6.45) is 6.11. The first-order valence-electron chi connectivity index (χ1n) is 5.12. The third-order valence-corrected chi connectivity index (χ3v) is 2.88. The molecule has 0 bridgehead atoms. The summed E-state index contributed by atoms with van der Waals surface area (Å²) in [6.45, 7) is 5.14. The second-order valence-corrected chi connectivity index (χ2v) is 4.44. The summed E-state index contributed by atoms with van der Waals surface area (Å²) in [5.41, 5.74) is 2.56. The van der Waals surface area contributed by atoms with Gasteiger partial charge in [-0.15, -0.1) is 12.3 Å². The number of benzene rings is 1. The summed E-state index contributed by atoms with van der Waals surface area (Å²) >= 11 is 3.49. The summed E-state index contributed by atoms with van der Waals surface area (Å²) in [5.74, 6) is 2.72. The predicted molar refractivity (Wildman–Crippen MR) is 68.7 cm³/mol. The molecule has 0 saturated heterocycles. The van der Waals surface area contributed by atoms with Gasteiger partial charge in [-0.25, -0.2) is 0 Å². The maximum absolute atomic E-state index is 5.38. The molecule has 15 heavy (non-hydrogen) atoms. The average molecular weight is 266 g/mol. The minimum Gasteiger partial charge on any atom is -0.309 e. The highest BCUT2D eigenvalue weighted by Gasteiger charge is 2.11. The van der Waals surface area contributed by atoms with E-state index in [9.17, 15) is 0 Å². The van der Waals surface area contributed by atoms with Gasteiger partial charge in [0.25, 0.3) is 0 Å². The van der Waals surface area contributed by atoms with Gasteiger partial charge >= 0.3 is 0 Å². The van der Waals surface area contributed by atoms with E-state index in [1.54, 1.807) is 0 Å². The molecule has 0 aromatic heterocycles. The van der Waals surface area contributed by atoms with Crippen molar-refractivity contribution in [3.05, 3.63) is 33.8 Å². The van der Waals surface area contributed by atoms with Crippen LogP contribution in [-0.2, 0) is 0 Å². The van der Waals surface area contributed by atoms with Crippen LogP contribution >= 0.6 is 15.9 Å². The Hall–Kier alpha value is -0.780. The summed E-state index contributed by atoms with van der Waals surface area (Å²) < 4.78 is 1.10. The number of rotatable bonds is 4. The molecule has 1 aromatic carbocycles. The maximum atomic E-state index is 5.38. The number of nitrogens with one attached hydrogen (secondary N) is 1. The van der Waals surface area contributed by atoms with E-state index in [1.807, 2.05) is 0 Å². The van der Waals surface area contributed by atoms with Crippen molar-refractivity contribution < 1.29 is 0 Å². The van der Waals surface area contributed by atoms with Gasteiger partial charge in [-0.05, 0) is 36.7 Å². The SMILES string of the molecule is C#CCC(NCC)c1cc(Br)ccc1C. The van der Waals surface area contributed by atoms with Gasteiger partial charge in [0.15, 0.2) is 0 Å². The normalized spacial score (nSPS) is 12.1. The van der Waals surface area contributed by atoms with Crippen LogP contribution in [0.1, 0.15) is 30.5 Å². The monoisotopic (exact) mass is 265 g/mol. The molecule has 1 atom stereocenters. The lowest BCUT2D eigenvalue weighted by Crippen LogP contribution is -2.21. The van der Waals surface area contributed by atoms with Crippen LogP contribution in [-0.4, -0.2) is 6.54 Å². The highest BCUT2D eigenvalue weighted by Crippen LogP contribution is 2.24. The van der Waals surface area contributed by atoms with Crippen molar-refractivity contribution in [2.75, 3.05) is 6.54 Å². The Kier molecular flexibility index (Phi) is 4.87. The van der Waals surface area contributed by atoms with E-state index in [4.69, 9.17) is 6.42 Å². The summed E-state index contributed by atoms with van der Waals surface area (Å²) in [6, 6.07) is 6.57. The van der Waals surface area contributed by atoms with Crippen LogP contribution < -0.4 is 5.32 Å². The Morgan fingerprint density at radius 3 is 2.87 bits per heavy atom. The number of halogens is 1. The first-order chi connectivity index (χ1) is 7.19. The summed E-state index contributed by atoms with van der Waals surface area (Å²) in [4.78, 5) is 0. The Balaban J connectivity index is 2.99. The van der Waals surface area contributed by atoms with E-state index in [2.05, 4.69) is 59.2 Å². The zero-order chi connectivity index (χ0) is 11.3. The maximum Gasteiger partial charge on any atom is 0.0433 e. The van der Waals surface area contributed by atoms with Crippen molar-refractivity contribution in [2.45, 2.75) is 26.3 Å². The molecule has 0 heterocycles. The van der Waals surface area contributed by atoms with Crippen molar-refractivity contribution in [1.82, 2.24) is 5.32 Å². The smallest absolute Gasteiger partial charge is 0.0433 e. The number of hydrogen-bond acceptors (Lipinski definition) is 1. The molecular formula is C13H16BrN. The highest BCUT2D eigenvalue weighted by molar-refractivity contribution is 9.10. The van der Waals surface area contributed by atoms with Crippen molar-refractivity contribution in [3.63, 3.8) is 0 Å². The molecule has 1 aromatic rings. The van der Waals surface area contributed by atoms with Crippen LogP contribution in [0.25, 0.3) is 0 Å². The zero-order valence-electron chi connectivity index (χ0n) is 9.18. The first-order valence-corrected chi connectivity index (χ1v) is 5.91. The highest BCUT2D eigenvalue weighted by atomic mass is 79.9. The van der Waals surface area contributed by atoms with E-state index in [-0.39, 0.29) is 6.04 Å². The van der Waals surface area contributed by atoms with Gasteiger partial charge in [-0.1, -0.05) is 28.9 Å². The van der Waals surface area contributed by atoms with Gasteiger partial charge in [-0.3, -0.25) is 0 Å². The van der Waals surface area contributed by atoms with Gasteiger partial charge in [0, 0.05) is 16.9 Å². The van der Waals surface area contributed by atoms with Gasteiger partial charge in [0.2, 0.25) is 0 Å². The Bertz CT molecular complexity index is 365. The second kappa shape index (κ2) is 5.95. The van der Waals surface area contributed by atoms with E-state index in [1.165, 1.54) is 11.1 Å². The van der Waals surface area contributed by atoms with E-state index in [0.29, 0.717) is 0 Å². The van der Waals surface area contributed by atoms with Crippen molar-refractivity contribution in [2.24, 2.45) is 0 Å². The lowest BCUT2D eigenvalue weighted by Gasteiger charge is -2.18. The molecule has 1 nitrogen and oxygen atoms in total. The molecule has 0 aliphatic heterocycles. The molecule has 0 radical (unpaired) electrons. The molecule has 1 N–H and O–H groups in total. The lowest BCUT2D eigenvalue weighted by molar-refractivity contribution is 0.562. The molecule has 0 fully saturated rings. The number of terminal acetylenes is 1. The average Bonchev–Trinajstić information content (AvgIpc) is 2.21. The van der Waals surface area contributed by atoms with Crippen LogP contribution in [0, 0.1) is 19.3 Å². The predicted octanol–water partition coefficient (Wildman–Crippen LogP) is 3.43.